The van der Waals surface area contributed by atoms with Crippen LogP contribution in [-0.2, 0) is 4.74 Å². The predicted octanol–water partition coefficient (Wildman–Crippen LogP) is 3.00. The molecule has 26 heavy (non-hydrogen) atoms. The molecule has 1 aromatic carbocycles. The highest BCUT2D eigenvalue weighted by molar-refractivity contribution is 6.01. The molecule has 136 valence electrons. The topological polar surface area (TPSA) is 68.9 Å². The summed E-state index contributed by atoms with van der Waals surface area (Å²) in [5.41, 5.74) is 0.560. The van der Waals surface area contributed by atoms with E-state index in [-0.39, 0.29) is 23.7 Å². The zero-order chi connectivity index (χ0) is 18.1. The number of rotatable bonds is 3. The minimum Gasteiger partial charge on any atom is -0.507 e. The second kappa shape index (κ2) is 6.96. The lowest BCUT2D eigenvalue weighted by atomic mass is 9.94. The highest BCUT2D eigenvalue weighted by Crippen LogP contribution is 2.36. The first-order valence-corrected chi connectivity index (χ1v) is 8.95. The molecule has 0 amide bonds. The summed E-state index contributed by atoms with van der Waals surface area (Å²) < 4.78 is 19.4. The Hall–Kier alpha value is -2.60. The first-order valence-electron chi connectivity index (χ1n) is 8.95. The van der Waals surface area contributed by atoms with Gasteiger partial charge in [-0.25, -0.2) is 0 Å². The van der Waals surface area contributed by atoms with E-state index in [0.717, 1.165) is 19.3 Å². The van der Waals surface area contributed by atoms with Gasteiger partial charge in [0, 0.05) is 24.6 Å². The summed E-state index contributed by atoms with van der Waals surface area (Å²) in [5.74, 6) is 0.988. The zero-order valence-corrected chi connectivity index (χ0v) is 14.6. The fourth-order valence-corrected chi connectivity index (χ4v) is 3.36. The number of carbonyl (C=O) groups is 1. The van der Waals surface area contributed by atoms with Crippen LogP contribution in [0.3, 0.4) is 0 Å². The number of benzene rings is 1. The Kier molecular flexibility index (Phi) is 4.51. The first kappa shape index (κ1) is 16.8. The molecule has 2 aliphatic rings. The van der Waals surface area contributed by atoms with Crippen LogP contribution in [0, 0.1) is 5.92 Å². The Balaban J connectivity index is 1.59. The normalized spacial score (nSPS) is 25.3. The van der Waals surface area contributed by atoms with Crippen LogP contribution in [0.4, 0.5) is 0 Å². The zero-order valence-electron chi connectivity index (χ0n) is 14.6. The lowest BCUT2D eigenvalue weighted by Gasteiger charge is -2.27. The van der Waals surface area contributed by atoms with E-state index in [9.17, 15) is 9.90 Å². The van der Waals surface area contributed by atoms with E-state index in [1.807, 2.05) is 6.92 Å². The number of fused-ring (bicyclic) bond motifs is 1. The third kappa shape index (κ3) is 3.24. The van der Waals surface area contributed by atoms with Gasteiger partial charge in [-0.1, -0.05) is 0 Å². The van der Waals surface area contributed by atoms with Crippen molar-refractivity contribution in [3.63, 3.8) is 0 Å². The van der Waals surface area contributed by atoms with Gasteiger partial charge in [-0.3, -0.25) is 4.79 Å². The van der Waals surface area contributed by atoms with Gasteiger partial charge in [-0.2, -0.15) is 4.57 Å². The minimum absolute atomic E-state index is 0.0253. The summed E-state index contributed by atoms with van der Waals surface area (Å²) in [6.07, 6.45) is 5.68. The molecule has 2 aromatic rings. The van der Waals surface area contributed by atoms with Gasteiger partial charge in [-0.05, 0) is 31.9 Å². The standard InChI is InChI=1S/C20H21NO5/c1-13-19(23)16-6-5-15(25-18-4-2-3-11-24-18)12-17(16)26-20(13)21-9-7-14(22)8-10-21/h5-10,12-13,18,20H,2-4,11H2,1H3/p+1. The molecule has 2 aliphatic heterocycles. The number of hydrogen-bond donors (Lipinski definition) is 1. The monoisotopic (exact) mass is 356 g/mol. The molecule has 0 aliphatic carbocycles. The number of carbonyl (C=O) groups excluding carboxylic acids is 1. The molecule has 6 nitrogen and oxygen atoms in total. The van der Waals surface area contributed by atoms with Crippen LogP contribution < -0.4 is 14.0 Å². The maximum absolute atomic E-state index is 12.8. The SMILES string of the molecule is CC1C(=O)c2ccc(OC3CCCCO3)cc2OC1[n+]1ccc(O)cc1. The number of pyridine rings is 1. The van der Waals surface area contributed by atoms with Crippen molar-refractivity contribution < 1.29 is 28.7 Å². The van der Waals surface area contributed by atoms with Crippen LogP contribution >= 0.6 is 0 Å². The molecular formula is C20H22NO5+. The number of hydrogen-bond acceptors (Lipinski definition) is 5. The summed E-state index contributed by atoms with van der Waals surface area (Å²) in [7, 11) is 0. The Morgan fingerprint density at radius 2 is 2.00 bits per heavy atom. The second-order valence-electron chi connectivity index (χ2n) is 6.74. The summed E-state index contributed by atoms with van der Waals surface area (Å²) in [6, 6.07) is 8.43. The van der Waals surface area contributed by atoms with E-state index in [2.05, 4.69) is 0 Å². The highest BCUT2D eigenvalue weighted by Gasteiger charge is 2.40. The Morgan fingerprint density at radius 1 is 1.19 bits per heavy atom. The predicted molar refractivity (Wildman–Crippen MR) is 92.1 cm³/mol. The lowest BCUT2D eigenvalue weighted by molar-refractivity contribution is -0.759. The molecule has 3 heterocycles. The maximum atomic E-state index is 12.8. The van der Waals surface area contributed by atoms with Crippen molar-refractivity contribution in [2.45, 2.75) is 38.7 Å². The fourth-order valence-electron chi connectivity index (χ4n) is 3.36. The summed E-state index contributed by atoms with van der Waals surface area (Å²) >= 11 is 0. The van der Waals surface area contributed by atoms with Gasteiger partial charge in [0.15, 0.2) is 24.5 Å². The van der Waals surface area contributed by atoms with Gasteiger partial charge < -0.3 is 19.3 Å². The van der Waals surface area contributed by atoms with Crippen molar-refractivity contribution >= 4 is 5.78 Å². The summed E-state index contributed by atoms with van der Waals surface area (Å²) in [5, 5.41) is 9.47. The number of Topliss-reactive ketones (excluding diaryl/α,β-unsaturated/α-hetero) is 1. The molecule has 0 saturated carbocycles. The van der Waals surface area contributed by atoms with Crippen molar-refractivity contribution in [3.05, 3.63) is 48.3 Å². The van der Waals surface area contributed by atoms with Crippen LogP contribution in [0.1, 0.15) is 42.8 Å². The van der Waals surface area contributed by atoms with Gasteiger partial charge >= 0.3 is 6.23 Å². The van der Waals surface area contributed by atoms with Crippen molar-refractivity contribution in [3.8, 4) is 17.2 Å². The van der Waals surface area contributed by atoms with E-state index in [1.54, 1.807) is 47.3 Å². The van der Waals surface area contributed by atoms with E-state index < -0.39 is 6.23 Å². The van der Waals surface area contributed by atoms with Crippen molar-refractivity contribution in [1.29, 1.82) is 0 Å². The molecule has 1 N–H and O–H groups in total. The average Bonchev–Trinajstić information content (AvgIpc) is 2.66. The number of aromatic hydroxyl groups is 1. The van der Waals surface area contributed by atoms with Gasteiger partial charge in [-0.15, -0.1) is 0 Å². The summed E-state index contributed by atoms with van der Waals surface area (Å²) in [6.45, 7) is 2.55. The Morgan fingerprint density at radius 3 is 2.73 bits per heavy atom. The van der Waals surface area contributed by atoms with Gasteiger partial charge in [0.25, 0.3) is 0 Å². The fraction of sp³-hybridized carbons (Fsp3) is 0.400. The molecule has 1 fully saturated rings. The molecule has 1 saturated heterocycles. The third-order valence-electron chi connectivity index (χ3n) is 4.84. The summed E-state index contributed by atoms with van der Waals surface area (Å²) in [4.78, 5) is 12.8. The van der Waals surface area contributed by atoms with Crippen LogP contribution in [0.15, 0.2) is 42.7 Å². The smallest absolute Gasteiger partial charge is 0.311 e. The first-order chi connectivity index (χ1) is 12.6. The average molecular weight is 356 g/mol. The number of ether oxygens (including phenoxy) is 3. The maximum Gasteiger partial charge on any atom is 0.311 e. The molecule has 4 rings (SSSR count). The van der Waals surface area contributed by atoms with Crippen LogP contribution in [0.2, 0.25) is 0 Å². The van der Waals surface area contributed by atoms with E-state index >= 15 is 0 Å². The Bertz CT molecular complexity index is 798. The van der Waals surface area contributed by atoms with Crippen LogP contribution in [0.5, 0.6) is 17.2 Å². The van der Waals surface area contributed by atoms with Crippen molar-refractivity contribution in [2.75, 3.05) is 6.61 Å². The molecule has 0 bridgehead atoms. The molecule has 3 atom stereocenters. The van der Waals surface area contributed by atoms with Crippen LogP contribution in [-0.4, -0.2) is 23.8 Å². The largest absolute Gasteiger partial charge is 0.507 e. The molecule has 0 radical (unpaired) electrons. The molecular weight excluding hydrogens is 334 g/mol. The number of aromatic nitrogens is 1. The minimum atomic E-state index is -0.475. The molecule has 6 heteroatoms. The molecule has 1 aromatic heterocycles. The van der Waals surface area contributed by atoms with Crippen molar-refractivity contribution in [2.24, 2.45) is 5.92 Å². The highest BCUT2D eigenvalue weighted by atomic mass is 16.7. The molecule has 3 unspecified atom stereocenters. The molecule has 0 spiro atoms. The van der Waals surface area contributed by atoms with Crippen molar-refractivity contribution in [1.82, 2.24) is 0 Å². The second-order valence-corrected chi connectivity index (χ2v) is 6.74. The number of nitrogens with zero attached hydrogens (tertiary/aromatic N) is 1. The van der Waals surface area contributed by atoms with Crippen LogP contribution in [0.25, 0.3) is 0 Å². The quantitative estimate of drug-likeness (QED) is 0.856. The Labute approximate surface area is 151 Å². The number of ketones is 1. The van der Waals surface area contributed by atoms with Gasteiger partial charge in [0.2, 0.25) is 0 Å². The third-order valence-corrected chi connectivity index (χ3v) is 4.84. The van der Waals surface area contributed by atoms with E-state index in [0.29, 0.717) is 23.7 Å². The van der Waals surface area contributed by atoms with E-state index in [4.69, 9.17) is 14.2 Å². The van der Waals surface area contributed by atoms with Gasteiger partial charge in [0.05, 0.1) is 12.2 Å². The lowest BCUT2D eigenvalue weighted by Crippen LogP contribution is -2.49. The van der Waals surface area contributed by atoms with Gasteiger partial charge in [0.1, 0.15) is 23.2 Å². The van der Waals surface area contributed by atoms with E-state index in [1.165, 1.54) is 0 Å².